The van der Waals surface area contributed by atoms with Gasteiger partial charge in [0.25, 0.3) is 0 Å². The number of benzene rings is 1. The second kappa shape index (κ2) is 6.62. The molecule has 7 heteroatoms. The summed E-state index contributed by atoms with van der Waals surface area (Å²) >= 11 is 0. The fourth-order valence-corrected chi connectivity index (χ4v) is 1.45. The van der Waals surface area contributed by atoms with Crippen molar-refractivity contribution in [3.05, 3.63) is 29.6 Å². The molecule has 0 saturated heterocycles. The van der Waals surface area contributed by atoms with Crippen LogP contribution in [0.15, 0.2) is 18.2 Å². The maximum atomic E-state index is 13.2. The van der Waals surface area contributed by atoms with Crippen molar-refractivity contribution < 1.29 is 27.4 Å². The molecule has 0 aliphatic carbocycles. The lowest BCUT2D eigenvalue weighted by Crippen LogP contribution is -2.36. The van der Waals surface area contributed by atoms with Crippen LogP contribution in [0.2, 0.25) is 0 Å². The van der Waals surface area contributed by atoms with Gasteiger partial charge in [-0.15, -0.1) is 0 Å². The summed E-state index contributed by atoms with van der Waals surface area (Å²) in [6.07, 6.45) is -7.32. The van der Waals surface area contributed by atoms with E-state index in [-0.39, 0.29) is 17.8 Å². The van der Waals surface area contributed by atoms with Gasteiger partial charge in [0.05, 0.1) is 0 Å². The van der Waals surface area contributed by atoms with Gasteiger partial charge in [-0.25, -0.2) is 4.39 Å². The van der Waals surface area contributed by atoms with Crippen molar-refractivity contribution in [2.45, 2.75) is 45.1 Å². The Bertz CT molecular complexity index is 469. The SMILES string of the molecule is CC(C)(C)NCc1cc(F)ccc1OCC(O)C(F)(F)F. The fraction of sp³-hybridized carbons (Fsp3) is 0.571. The normalized spacial score (nSPS) is 14.1. The van der Waals surface area contributed by atoms with Crippen LogP contribution in [0.5, 0.6) is 5.75 Å². The van der Waals surface area contributed by atoms with E-state index in [4.69, 9.17) is 9.84 Å². The van der Waals surface area contributed by atoms with Crippen LogP contribution >= 0.6 is 0 Å². The van der Waals surface area contributed by atoms with Crippen LogP contribution in [-0.2, 0) is 6.54 Å². The molecule has 0 radical (unpaired) electrons. The number of rotatable bonds is 5. The highest BCUT2D eigenvalue weighted by atomic mass is 19.4. The minimum absolute atomic E-state index is 0.108. The van der Waals surface area contributed by atoms with Gasteiger partial charge < -0.3 is 15.2 Å². The maximum absolute atomic E-state index is 13.2. The zero-order chi connectivity index (χ0) is 16.3. The molecular formula is C14H19F4NO2. The van der Waals surface area contributed by atoms with E-state index in [0.29, 0.717) is 5.56 Å². The van der Waals surface area contributed by atoms with Crippen LogP contribution < -0.4 is 10.1 Å². The van der Waals surface area contributed by atoms with Gasteiger partial charge in [0.1, 0.15) is 18.2 Å². The maximum Gasteiger partial charge on any atom is 0.417 e. The van der Waals surface area contributed by atoms with Crippen LogP contribution in [0.3, 0.4) is 0 Å². The average Bonchev–Trinajstić information content (AvgIpc) is 2.32. The number of hydrogen-bond donors (Lipinski definition) is 2. The molecule has 1 aromatic rings. The van der Waals surface area contributed by atoms with E-state index in [9.17, 15) is 17.6 Å². The Labute approximate surface area is 120 Å². The molecule has 0 aliphatic rings. The zero-order valence-electron chi connectivity index (χ0n) is 12.1. The highest BCUT2D eigenvalue weighted by Crippen LogP contribution is 2.24. The van der Waals surface area contributed by atoms with Crippen molar-refractivity contribution >= 4 is 0 Å². The molecule has 1 unspecified atom stereocenters. The standard InChI is InChI=1S/C14H19F4NO2/c1-13(2,3)19-7-9-6-10(15)4-5-11(9)21-8-12(20)14(16,17)18/h4-6,12,19-20H,7-8H2,1-3H3. The van der Waals surface area contributed by atoms with Crippen molar-refractivity contribution in [1.82, 2.24) is 5.32 Å². The monoisotopic (exact) mass is 309 g/mol. The van der Waals surface area contributed by atoms with Gasteiger partial charge in [0.2, 0.25) is 0 Å². The molecule has 1 atom stereocenters. The summed E-state index contributed by atoms with van der Waals surface area (Å²) in [6.45, 7) is 5.01. The highest BCUT2D eigenvalue weighted by molar-refractivity contribution is 5.34. The smallest absolute Gasteiger partial charge is 0.417 e. The summed E-state index contributed by atoms with van der Waals surface area (Å²) in [4.78, 5) is 0. The van der Waals surface area contributed by atoms with Crippen LogP contribution in [0.1, 0.15) is 26.3 Å². The third kappa shape index (κ3) is 6.31. The van der Waals surface area contributed by atoms with Crippen LogP contribution in [0.25, 0.3) is 0 Å². The Morgan fingerprint density at radius 1 is 1.24 bits per heavy atom. The van der Waals surface area contributed by atoms with Crippen LogP contribution in [-0.4, -0.2) is 29.5 Å². The van der Waals surface area contributed by atoms with Crippen LogP contribution in [0, 0.1) is 5.82 Å². The Balaban J connectivity index is 2.77. The quantitative estimate of drug-likeness (QED) is 0.822. The molecule has 3 nitrogen and oxygen atoms in total. The van der Waals surface area contributed by atoms with E-state index in [1.807, 2.05) is 20.8 Å². The van der Waals surface area contributed by atoms with E-state index in [1.54, 1.807) is 0 Å². The van der Waals surface area contributed by atoms with Crippen molar-refractivity contribution in [3.8, 4) is 5.75 Å². The molecule has 0 amide bonds. The van der Waals surface area contributed by atoms with E-state index in [1.165, 1.54) is 12.1 Å². The molecule has 2 N–H and O–H groups in total. The summed E-state index contributed by atoms with van der Waals surface area (Å²) in [7, 11) is 0. The van der Waals surface area contributed by atoms with Crippen molar-refractivity contribution in [3.63, 3.8) is 0 Å². The molecule has 0 bridgehead atoms. The predicted molar refractivity (Wildman–Crippen MR) is 70.5 cm³/mol. The van der Waals surface area contributed by atoms with Gasteiger partial charge >= 0.3 is 6.18 Å². The third-order valence-corrected chi connectivity index (χ3v) is 2.61. The van der Waals surface area contributed by atoms with Gasteiger partial charge in [-0.1, -0.05) is 0 Å². The Morgan fingerprint density at radius 2 is 1.86 bits per heavy atom. The minimum atomic E-state index is -4.75. The molecule has 0 aromatic heterocycles. The number of aliphatic hydroxyl groups is 1. The first kappa shape index (κ1) is 17.7. The summed E-state index contributed by atoms with van der Waals surface area (Å²) in [5.41, 5.74) is 0.147. The first-order valence-corrected chi connectivity index (χ1v) is 6.40. The predicted octanol–water partition coefficient (Wildman–Crippen LogP) is 3.02. The first-order valence-electron chi connectivity index (χ1n) is 6.40. The first-order chi connectivity index (χ1) is 9.49. The molecule has 120 valence electrons. The van der Waals surface area contributed by atoms with Crippen LogP contribution in [0.4, 0.5) is 17.6 Å². The lowest BCUT2D eigenvalue weighted by Gasteiger charge is -2.22. The third-order valence-electron chi connectivity index (χ3n) is 2.61. The molecule has 0 spiro atoms. The molecule has 1 rings (SSSR count). The molecular weight excluding hydrogens is 290 g/mol. The number of alkyl halides is 3. The largest absolute Gasteiger partial charge is 0.490 e. The van der Waals surface area contributed by atoms with E-state index in [2.05, 4.69) is 5.32 Å². The van der Waals surface area contributed by atoms with E-state index < -0.39 is 24.7 Å². The minimum Gasteiger partial charge on any atom is -0.490 e. The number of hydrogen-bond acceptors (Lipinski definition) is 3. The van der Waals surface area contributed by atoms with E-state index in [0.717, 1.165) is 6.07 Å². The number of nitrogens with one attached hydrogen (secondary N) is 1. The molecule has 0 fully saturated rings. The fourth-order valence-electron chi connectivity index (χ4n) is 1.45. The molecule has 1 aromatic carbocycles. The van der Waals surface area contributed by atoms with Crippen molar-refractivity contribution in [2.24, 2.45) is 0 Å². The van der Waals surface area contributed by atoms with Gasteiger partial charge in [0, 0.05) is 17.6 Å². The number of halogens is 4. The second-order valence-electron chi connectivity index (χ2n) is 5.72. The van der Waals surface area contributed by atoms with Crippen molar-refractivity contribution in [1.29, 1.82) is 0 Å². The van der Waals surface area contributed by atoms with Gasteiger partial charge in [-0.05, 0) is 39.0 Å². The average molecular weight is 309 g/mol. The van der Waals surface area contributed by atoms with Gasteiger partial charge in [0.15, 0.2) is 6.10 Å². The summed E-state index contributed by atoms with van der Waals surface area (Å²) < 4.78 is 54.9. The zero-order valence-corrected chi connectivity index (χ0v) is 12.1. The summed E-state index contributed by atoms with van der Waals surface area (Å²) in [5.74, 6) is -0.402. The Hall–Kier alpha value is -1.34. The number of ether oxygens (including phenoxy) is 1. The summed E-state index contributed by atoms with van der Waals surface area (Å²) in [6, 6.07) is 3.53. The van der Waals surface area contributed by atoms with Gasteiger partial charge in [-0.3, -0.25) is 0 Å². The van der Waals surface area contributed by atoms with Crippen molar-refractivity contribution in [2.75, 3.05) is 6.61 Å². The van der Waals surface area contributed by atoms with E-state index >= 15 is 0 Å². The molecule has 0 saturated carbocycles. The number of aliphatic hydroxyl groups excluding tert-OH is 1. The summed E-state index contributed by atoms with van der Waals surface area (Å²) in [5, 5.41) is 12.0. The Kier molecular flexibility index (Phi) is 5.58. The molecule has 0 aliphatic heterocycles. The molecule has 0 heterocycles. The highest BCUT2D eigenvalue weighted by Gasteiger charge is 2.38. The van der Waals surface area contributed by atoms with Gasteiger partial charge in [-0.2, -0.15) is 13.2 Å². The Morgan fingerprint density at radius 3 is 2.38 bits per heavy atom. The molecule has 21 heavy (non-hydrogen) atoms. The lowest BCUT2D eigenvalue weighted by atomic mass is 10.1. The topological polar surface area (TPSA) is 41.5 Å². The second-order valence-corrected chi connectivity index (χ2v) is 5.72. The lowest BCUT2D eigenvalue weighted by molar-refractivity contribution is -0.210.